The Hall–Kier alpha value is -2.49. The van der Waals surface area contributed by atoms with Gasteiger partial charge in [-0.15, -0.1) is 0 Å². The van der Waals surface area contributed by atoms with Gasteiger partial charge in [0, 0.05) is 28.7 Å². The molecule has 1 saturated carbocycles. The molecular formula is C18H17N3O. The standard InChI is InChI=1S/C18H17N3O/c1-18(7-8-18)21-17(22)13-5-2-6-15-14(13)10-16(20-15)12-4-3-9-19-11-12/h2-6,9-11,16H,7-8H2,1H3,(H,21,22). The van der Waals surface area contributed by atoms with E-state index in [2.05, 4.69) is 23.3 Å². The van der Waals surface area contributed by atoms with Crippen molar-refractivity contribution >= 4 is 12.0 Å². The van der Waals surface area contributed by atoms with E-state index < -0.39 is 0 Å². The van der Waals surface area contributed by atoms with Crippen LogP contribution in [0.1, 0.15) is 41.7 Å². The lowest BCUT2D eigenvalue weighted by Crippen LogP contribution is -2.39. The quantitative estimate of drug-likeness (QED) is 0.932. The third-order valence-electron chi connectivity index (χ3n) is 4.37. The van der Waals surface area contributed by atoms with Gasteiger partial charge in [-0.3, -0.25) is 14.8 Å². The predicted molar refractivity (Wildman–Crippen MR) is 83.8 cm³/mol. The lowest BCUT2D eigenvalue weighted by atomic mass is 10.1. The molecule has 2 aromatic rings. The highest BCUT2D eigenvalue weighted by molar-refractivity contribution is 5.95. The smallest absolute Gasteiger partial charge is 0.252 e. The first kappa shape index (κ1) is 13.2. The molecule has 4 nitrogen and oxygen atoms in total. The summed E-state index contributed by atoms with van der Waals surface area (Å²) in [5.41, 5.74) is 1.73. The molecule has 0 saturated heterocycles. The average molecular weight is 291 g/mol. The maximum Gasteiger partial charge on any atom is 0.252 e. The molecule has 2 aliphatic rings. The highest BCUT2D eigenvalue weighted by Gasteiger charge is 2.39. The molecular weight excluding hydrogens is 274 g/mol. The topological polar surface area (TPSA) is 54.4 Å². The molecule has 1 amide bonds. The van der Waals surface area contributed by atoms with E-state index in [1.54, 1.807) is 6.20 Å². The number of carbonyl (C=O) groups is 1. The second-order valence-electron chi connectivity index (χ2n) is 6.28. The monoisotopic (exact) mass is 291 g/mol. The fourth-order valence-electron chi connectivity index (χ4n) is 2.76. The summed E-state index contributed by atoms with van der Waals surface area (Å²) in [5, 5.41) is 4.92. The third kappa shape index (κ3) is 2.30. The minimum absolute atomic E-state index is 0.00450. The van der Waals surface area contributed by atoms with Gasteiger partial charge in [-0.25, -0.2) is 0 Å². The molecule has 1 aliphatic heterocycles. The fraction of sp³-hybridized carbons (Fsp3) is 0.278. The molecule has 1 atom stereocenters. The lowest BCUT2D eigenvalue weighted by molar-refractivity contribution is 0.0934. The Balaban J connectivity index is 1.73. The number of fused-ring (bicyclic) bond motifs is 1. The van der Waals surface area contributed by atoms with Crippen LogP contribution in [-0.2, 0) is 0 Å². The first-order valence-corrected chi connectivity index (χ1v) is 7.56. The summed E-state index contributed by atoms with van der Waals surface area (Å²) in [6.07, 6.45) is 7.74. The minimum atomic E-state index is -0.0610. The van der Waals surface area contributed by atoms with Crippen molar-refractivity contribution in [3.63, 3.8) is 0 Å². The Kier molecular flexibility index (Phi) is 2.86. The van der Waals surface area contributed by atoms with Crippen LogP contribution in [0.5, 0.6) is 0 Å². The van der Waals surface area contributed by atoms with Crippen LogP contribution in [-0.4, -0.2) is 16.4 Å². The predicted octanol–water partition coefficient (Wildman–Crippen LogP) is 1.52. The van der Waals surface area contributed by atoms with Gasteiger partial charge in [-0.1, -0.05) is 12.1 Å². The second kappa shape index (κ2) is 4.77. The summed E-state index contributed by atoms with van der Waals surface area (Å²) >= 11 is 0. The Bertz CT molecular complexity index is 854. The number of aromatic nitrogens is 1. The number of hydrogen-bond donors (Lipinski definition) is 1. The molecule has 110 valence electrons. The van der Waals surface area contributed by atoms with Gasteiger partial charge < -0.3 is 5.32 Å². The van der Waals surface area contributed by atoms with Crippen LogP contribution in [0, 0.1) is 0 Å². The molecule has 0 radical (unpaired) electrons. The number of benzene rings is 1. The second-order valence-corrected chi connectivity index (χ2v) is 6.28. The van der Waals surface area contributed by atoms with E-state index in [-0.39, 0.29) is 17.5 Å². The molecule has 0 bridgehead atoms. The van der Waals surface area contributed by atoms with Gasteiger partial charge in [0.05, 0.1) is 11.4 Å². The summed E-state index contributed by atoms with van der Waals surface area (Å²) in [7, 11) is 0. The number of nitrogens with one attached hydrogen (secondary N) is 1. The van der Waals surface area contributed by atoms with Crippen LogP contribution in [0.2, 0.25) is 0 Å². The zero-order chi connectivity index (χ0) is 15.2. The van der Waals surface area contributed by atoms with Crippen LogP contribution in [0.3, 0.4) is 0 Å². The third-order valence-corrected chi connectivity index (χ3v) is 4.37. The normalized spacial score (nSPS) is 20.5. The van der Waals surface area contributed by atoms with Gasteiger partial charge in [0.2, 0.25) is 0 Å². The van der Waals surface area contributed by atoms with E-state index in [1.807, 2.05) is 36.5 Å². The molecule has 2 heterocycles. The van der Waals surface area contributed by atoms with Gasteiger partial charge in [-0.2, -0.15) is 0 Å². The van der Waals surface area contributed by atoms with Crippen LogP contribution in [0.25, 0.3) is 6.08 Å². The molecule has 1 aromatic heterocycles. The maximum atomic E-state index is 12.5. The Labute approximate surface area is 128 Å². The van der Waals surface area contributed by atoms with Gasteiger partial charge in [-0.05, 0) is 49.6 Å². The van der Waals surface area contributed by atoms with Crippen LogP contribution >= 0.6 is 0 Å². The molecule has 1 aromatic carbocycles. The van der Waals surface area contributed by atoms with Crippen molar-refractivity contribution in [2.75, 3.05) is 0 Å². The first-order chi connectivity index (χ1) is 10.6. The summed E-state index contributed by atoms with van der Waals surface area (Å²) in [6.45, 7) is 2.08. The summed E-state index contributed by atoms with van der Waals surface area (Å²) < 4.78 is 0. The molecule has 1 fully saturated rings. The molecule has 1 aliphatic carbocycles. The van der Waals surface area contributed by atoms with E-state index in [0.717, 1.165) is 29.0 Å². The van der Waals surface area contributed by atoms with Crippen molar-refractivity contribution in [2.45, 2.75) is 31.3 Å². The summed E-state index contributed by atoms with van der Waals surface area (Å²) in [4.78, 5) is 21.4. The molecule has 22 heavy (non-hydrogen) atoms. The van der Waals surface area contributed by atoms with E-state index in [4.69, 9.17) is 4.99 Å². The molecule has 4 heteroatoms. The highest BCUT2D eigenvalue weighted by Crippen LogP contribution is 2.34. The van der Waals surface area contributed by atoms with Gasteiger partial charge in [0.1, 0.15) is 0 Å². The van der Waals surface area contributed by atoms with Gasteiger partial charge >= 0.3 is 0 Å². The van der Waals surface area contributed by atoms with Crippen molar-refractivity contribution in [1.82, 2.24) is 10.3 Å². The molecule has 1 N–H and O–H groups in total. The summed E-state index contributed by atoms with van der Waals surface area (Å²) in [5.74, 6) is -0.00450. The molecule has 4 rings (SSSR count). The van der Waals surface area contributed by atoms with Crippen LogP contribution in [0.4, 0.5) is 0 Å². The Morgan fingerprint density at radius 3 is 2.86 bits per heavy atom. The van der Waals surface area contributed by atoms with Crippen molar-refractivity contribution < 1.29 is 4.79 Å². The number of hydrogen-bond acceptors (Lipinski definition) is 3. The number of carbonyl (C=O) groups excluding carboxylic acids is 1. The van der Waals surface area contributed by atoms with Crippen molar-refractivity contribution in [3.05, 3.63) is 64.4 Å². The number of amides is 1. The average Bonchev–Trinajstić information content (AvgIpc) is 3.10. The zero-order valence-corrected chi connectivity index (χ0v) is 12.4. The SMILES string of the molecule is CC1(NC(=O)c2cccc3c2=CC(c2cccnc2)N=3)CC1. The maximum absolute atomic E-state index is 12.5. The molecule has 1 unspecified atom stereocenters. The van der Waals surface area contributed by atoms with Gasteiger partial charge in [0.15, 0.2) is 0 Å². The van der Waals surface area contributed by atoms with E-state index >= 15 is 0 Å². The number of rotatable bonds is 3. The lowest BCUT2D eigenvalue weighted by Gasteiger charge is -2.11. The van der Waals surface area contributed by atoms with Crippen molar-refractivity contribution in [1.29, 1.82) is 0 Å². The van der Waals surface area contributed by atoms with Crippen molar-refractivity contribution in [2.24, 2.45) is 4.99 Å². The Morgan fingerprint density at radius 2 is 2.14 bits per heavy atom. The van der Waals surface area contributed by atoms with Crippen molar-refractivity contribution in [3.8, 4) is 0 Å². The number of pyridine rings is 1. The highest BCUT2D eigenvalue weighted by atomic mass is 16.1. The Morgan fingerprint density at radius 1 is 1.27 bits per heavy atom. The van der Waals surface area contributed by atoms with E-state index in [9.17, 15) is 4.79 Å². The van der Waals surface area contributed by atoms with Gasteiger partial charge in [0.25, 0.3) is 5.91 Å². The van der Waals surface area contributed by atoms with E-state index in [1.165, 1.54) is 0 Å². The fourth-order valence-corrected chi connectivity index (χ4v) is 2.76. The van der Waals surface area contributed by atoms with Crippen LogP contribution < -0.4 is 15.9 Å². The number of nitrogens with zero attached hydrogens (tertiary/aromatic N) is 2. The summed E-state index contributed by atoms with van der Waals surface area (Å²) in [6, 6.07) is 9.58. The van der Waals surface area contributed by atoms with Crippen LogP contribution in [0.15, 0.2) is 47.7 Å². The zero-order valence-electron chi connectivity index (χ0n) is 12.4. The largest absolute Gasteiger partial charge is 0.347 e. The first-order valence-electron chi connectivity index (χ1n) is 7.56. The molecule has 0 spiro atoms. The minimum Gasteiger partial charge on any atom is -0.347 e. The van der Waals surface area contributed by atoms with E-state index in [0.29, 0.717) is 5.56 Å².